The second-order valence-corrected chi connectivity index (χ2v) is 9.56. The second-order valence-electron chi connectivity index (χ2n) is 5.65. The van der Waals surface area contributed by atoms with E-state index >= 15 is 0 Å². The van der Waals surface area contributed by atoms with Gasteiger partial charge in [0.1, 0.15) is 0 Å². The Labute approximate surface area is 220 Å². The summed E-state index contributed by atoms with van der Waals surface area (Å²) in [6.07, 6.45) is 0. The van der Waals surface area contributed by atoms with Crippen molar-refractivity contribution in [3.8, 4) is 0 Å². The molecule has 0 saturated carbocycles. The molecule has 3 aromatic rings. The van der Waals surface area contributed by atoms with Crippen LogP contribution in [0.15, 0.2) is 52.3 Å². The maximum atomic E-state index is 10.7. The van der Waals surface area contributed by atoms with Gasteiger partial charge < -0.3 is 0 Å². The van der Waals surface area contributed by atoms with Crippen molar-refractivity contribution in [1.82, 2.24) is 0 Å². The molecule has 14 heteroatoms. The lowest BCUT2D eigenvalue weighted by Crippen LogP contribution is -1.89. The fraction of sp³-hybridized carbons (Fsp3) is 0. The first kappa shape index (κ1) is 27.1. The molecular weight excluding hydrogens is 588 g/mol. The average Bonchev–Trinajstić information content (AvgIpc) is 2.70. The van der Waals surface area contributed by atoms with Gasteiger partial charge in [-0.15, -0.1) is 0 Å². The third kappa shape index (κ3) is 7.17. The van der Waals surface area contributed by atoms with Crippen molar-refractivity contribution < 1.29 is 9.85 Å². The van der Waals surface area contributed by atoms with E-state index in [2.05, 4.69) is 0 Å². The number of nitro groups is 2. The van der Waals surface area contributed by atoms with Crippen molar-refractivity contribution in [3.63, 3.8) is 0 Å². The molecule has 0 spiro atoms. The van der Waals surface area contributed by atoms with Gasteiger partial charge in [0.05, 0.1) is 44.9 Å². The van der Waals surface area contributed by atoms with Crippen LogP contribution in [0.2, 0.25) is 35.2 Å². The lowest BCUT2D eigenvalue weighted by Gasteiger charge is -2.08. The number of nitrogens with zero attached hydrogens (tertiary/aromatic N) is 2. The molecule has 0 heterocycles. The maximum absolute atomic E-state index is 10.7. The number of non-ortho nitro benzene ring substituents is 2. The summed E-state index contributed by atoms with van der Waals surface area (Å²) in [5.41, 5.74) is -0.332. The van der Waals surface area contributed by atoms with Crippen molar-refractivity contribution >= 4 is 104 Å². The first-order valence-electron chi connectivity index (χ1n) is 7.96. The van der Waals surface area contributed by atoms with E-state index in [9.17, 15) is 20.2 Å². The van der Waals surface area contributed by atoms with E-state index in [-0.39, 0.29) is 36.5 Å². The summed E-state index contributed by atoms with van der Waals surface area (Å²) < 4.78 is 0. The van der Waals surface area contributed by atoms with Crippen LogP contribution in [0.3, 0.4) is 0 Å². The van der Waals surface area contributed by atoms with Gasteiger partial charge in [-0.05, 0) is 18.2 Å². The summed E-state index contributed by atoms with van der Waals surface area (Å²) in [6, 6.07) is 9.80. The first-order chi connectivity index (χ1) is 14.9. The van der Waals surface area contributed by atoms with E-state index in [0.717, 1.165) is 12.1 Å². The molecule has 3 rings (SSSR count). The SMILES string of the molecule is O=[N+]([O-])c1cc(Cl)c(Cl)c(Cl)c1.O=[N+]([O-])c1cc(Cl)c(Sc2ccc(Cl)cc2Cl)c(Cl)c1. The lowest BCUT2D eigenvalue weighted by atomic mass is 10.3. The minimum absolute atomic E-state index is 0.0795. The van der Waals surface area contributed by atoms with Gasteiger partial charge in [-0.2, -0.15) is 0 Å². The number of benzene rings is 3. The summed E-state index contributed by atoms with van der Waals surface area (Å²) in [6.45, 7) is 0. The Morgan fingerprint density at radius 1 is 0.625 bits per heavy atom. The second kappa shape index (κ2) is 11.8. The molecule has 32 heavy (non-hydrogen) atoms. The normalized spacial score (nSPS) is 10.3. The zero-order chi connectivity index (χ0) is 24.2. The summed E-state index contributed by atoms with van der Waals surface area (Å²) in [7, 11) is 0. The lowest BCUT2D eigenvalue weighted by molar-refractivity contribution is -0.385. The number of nitro benzene ring substituents is 2. The van der Waals surface area contributed by atoms with E-state index in [1.54, 1.807) is 18.2 Å². The summed E-state index contributed by atoms with van der Waals surface area (Å²) in [5, 5.41) is 22.6. The molecule has 168 valence electrons. The molecule has 0 aliphatic carbocycles. The molecule has 0 fully saturated rings. The van der Waals surface area contributed by atoms with Gasteiger partial charge in [-0.3, -0.25) is 20.2 Å². The van der Waals surface area contributed by atoms with Gasteiger partial charge in [-0.25, -0.2) is 0 Å². The Morgan fingerprint density at radius 3 is 1.47 bits per heavy atom. The molecule has 0 radical (unpaired) electrons. The van der Waals surface area contributed by atoms with Gasteiger partial charge in [0.15, 0.2) is 0 Å². The van der Waals surface area contributed by atoms with Crippen LogP contribution in [0.5, 0.6) is 0 Å². The quantitative estimate of drug-likeness (QED) is 0.170. The number of hydrogen-bond acceptors (Lipinski definition) is 5. The molecular formula is C18H7Cl7N2O4S. The van der Waals surface area contributed by atoms with E-state index < -0.39 is 9.85 Å². The predicted octanol–water partition coefficient (Wildman–Crippen LogP) is 9.91. The fourth-order valence-electron chi connectivity index (χ4n) is 2.06. The van der Waals surface area contributed by atoms with E-state index in [0.29, 0.717) is 19.8 Å². The molecule has 0 unspecified atom stereocenters. The third-order valence-electron chi connectivity index (χ3n) is 3.48. The highest BCUT2D eigenvalue weighted by Crippen LogP contribution is 2.43. The molecule has 0 atom stereocenters. The van der Waals surface area contributed by atoms with Crippen LogP contribution in [-0.4, -0.2) is 9.85 Å². The zero-order valence-corrected chi connectivity index (χ0v) is 21.2. The third-order valence-corrected chi connectivity index (χ3v) is 7.38. The summed E-state index contributed by atoms with van der Waals surface area (Å²) >= 11 is 41.8. The Bertz CT molecular complexity index is 1160. The first-order valence-corrected chi connectivity index (χ1v) is 11.4. The Morgan fingerprint density at radius 2 is 1.06 bits per heavy atom. The minimum atomic E-state index is -0.589. The summed E-state index contributed by atoms with van der Waals surface area (Å²) in [4.78, 5) is 21.0. The van der Waals surface area contributed by atoms with Gasteiger partial charge in [0, 0.05) is 34.2 Å². The van der Waals surface area contributed by atoms with Gasteiger partial charge in [-0.1, -0.05) is 93.0 Å². The van der Waals surface area contributed by atoms with Gasteiger partial charge in [0.25, 0.3) is 11.4 Å². The smallest absolute Gasteiger partial charge is 0.258 e. The van der Waals surface area contributed by atoms with Crippen LogP contribution >= 0.6 is 93.0 Å². The van der Waals surface area contributed by atoms with Crippen molar-refractivity contribution in [3.05, 3.63) is 97.9 Å². The topological polar surface area (TPSA) is 86.3 Å². The molecule has 0 saturated heterocycles. The van der Waals surface area contributed by atoms with Crippen LogP contribution in [0.25, 0.3) is 0 Å². The van der Waals surface area contributed by atoms with E-state index in [4.69, 9.17) is 81.2 Å². The fourth-order valence-corrected chi connectivity index (χ4v) is 4.71. The van der Waals surface area contributed by atoms with Gasteiger partial charge >= 0.3 is 0 Å². The van der Waals surface area contributed by atoms with Crippen LogP contribution in [0.4, 0.5) is 11.4 Å². The highest BCUT2D eigenvalue weighted by Gasteiger charge is 2.17. The van der Waals surface area contributed by atoms with Crippen LogP contribution < -0.4 is 0 Å². The molecule has 0 N–H and O–H groups in total. The van der Waals surface area contributed by atoms with Crippen LogP contribution in [0.1, 0.15) is 0 Å². The highest BCUT2D eigenvalue weighted by molar-refractivity contribution is 7.99. The summed E-state index contributed by atoms with van der Waals surface area (Å²) in [5.74, 6) is 0. The predicted molar refractivity (Wildman–Crippen MR) is 132 cm³/mol. The van der Waals surface area contributed by atoms with Crippen molar-refractivity contribution in [2.24, 2.45) is 0 Å². The molecule has 6 nitrogen and oxygen atoms in total. The van der Waals surface area contributed by atoms with Crippen molar-refractivity contribution in [2.45, 2.75) is 9.79 Å². The van der Waals surface area contributed by atoms with Crippen LogP contribution in [-0.2, 0) is 0 Å². The average molecular weight is 596 g/mol. The minimum Gasteiger partial charge on any atom is -0.258 e. The zero-order valence-electron chi connectivity index (χ0n) is 15.1. The van der Waals surface area contributed by atoms with Crippen molar-refractivity contribution in [1.29, 1.82) is 0 Å². The molecule has 0 aromatic heterocycles. The Balaban J connectivity index is 0.000000258. The number of rotatable bonds is 4. The molecule has 0 aliphatic rings. The molecule has 3 aromatic carbocycles. The Hall–Kier alpha value is -1.16. The number of halogens is 7. The largest absolute Gasteiger partial charge is 0.272 e. The van der Waals surface area contributed by atoms with E-state index in [1.807, 2.05) is 0 Å². The van der Waals surface area contributed by atoms with Crippen molar-refractivity contribution in [2.75, 3.05) is 0 Å². The molecule has 0 bridgehead atoms. The monoisotopic (exact) mass is 592 g/mol. The van der Waals surface area contributed by atoms with Gasteiger partial charge in [0.2, 0.25) is 0 Å². The molecule has 0 aliphatic heterocycles. The standard InChI is InChI=1S/C12H5Cl4NO2S.C6H2Cl3NO2/c13-6-1-2-11(8(14)3-6)20-12-9(15)4-7(17(18)19)5-10(12)16;7-4-1-3(10(11)12)2-5(8)6(4)9/h1-5H;1-2H. The Kier molecular flexibility index (Phi) is 10.00. The molecule has 0 amide bonds. The highest BCUT2D eigenvalue weighted by atomic mass is 35.5. The maximum Gasteiger partial charge on any atom is 0.272 e. The number of hydrogen-bond donors (Lipinski definition) is 0. The van der Waals surface area contributed by atoms with E-state index in [1.165, 1.54) is 23.9 Å². The van der Waals surface area contributed by atoms with Crippen LogP contribution in [0, 0.1) is 20.2 Å².